The zero-order valence-electron chi connectivity index (χ0n) is 26.5. The number of rotatable bonds is 12. The molecule has 0 saturated heterocycles. The lowest BCUT2D eigenvalue weighted by Crippen LogP contribution is -2.54. The Labute approximate surface area is 287 Å². The highest BCUT2D eigenvalue weighted by atomic mass is 35.5. The summed E-state index contributed by atoms with van der Waals surface area (Å²) >= 11 is 13.0. The quantitative estimate of drug-likeness (QED) is 0.167. The number of aryl methyl sites for hydroxylation is 2. The van der Waals surface area contributed by atoms with Crippen LogP contribution in [0.15, 0.2) is 102 Å². The molecule has 0 radical (unpaired) electrons. The van der Waals surface area contributed by atoms with E-state index < -0.39 is 28.5 Å². The van der Waals surface area contributed by atoms with E-state index in [1.165, 1.54) is 23.1 Å². The molecule has 4 aromatic rings. The number of hydrogen-bond acceptors (Lipinski definition) is 4. The van der Waals surface area contributed by atoms with E-state index in [1.807, 2.05) is 68.4 Å². The van der Waals surface area contributed by atoms with Gasteiger partial charge in [0.25, 0.3) is 10.0 Å². The van der Waals surface area contributed by atoms with Gasteiger partial charge >= 0.3 is 0 Å². The number of nitrogens with one attached hydrogen (secondary N) is 1. The molecule has 246 valence electrons. The average molecular weight is 693 g/mol. The average Bonchev–Trinajstić information content (AvgIpc) is 3.57. The number of carbonyl (C=O) groups is 2. The Morgan fingerprint density at radius 3 is 2.19 bits per heavy atom. The molecule has 1 atom stereocenters. The van der Waals surface area contributed by atoms with Crippen LogP contribution in [-0.2, 0) is 32.6 Å². The van der Waals surface area contributed by atoms with Gasteiger partial charge in [0.1, 0.15) is 12.6 Å². The molecule has 1 saturated carbocycles. The number of hydrogen-bond donors (Lipinski definition) is 1. The van der Waals surface area contributed by atoms with Crippen molar-refractivity contribution < 1.29 is 18.0 Å². The zero-order chi connectivity index (χ0) is 33.6. The van der Waals surface area contributed by atoms with Crippen molar-refractivity contribution in [2.24, 2.45) is 0 Å². The molecule has 1 fully saturated rings. The summed E-state index contributed by atoms with van der Waals surface area (Å²) in [4.78, 5) is 30.4. The molecule has 1 aliphatic rings. The van der Waals surface area contributed by atoms with Crippen molar-refractivity contribution in [1.29, 1.82) is 0 Å². The van der Waals surface area contributed by atoms with Crippen molar-refractivity contribution in [2.75, 3.05) is 10.8 Å². The lowest BCUT2D eigenvalue weighted by molar-refractivity contribution is -0.140. The second-order valence-electron chi connectivity index (χ2n) is 12.0. The van der Waals surface area contributed by atoms with Gasteiger partial charge in [-0.1, -0.05) is 114 Å². The molecular weight excluding hydrogens is 653 g/mol. The molecule has 7 nitrogen and oxygen atoms in total. The van der Waals surface area contributed by atoms with Crippen LogP contribution in [0.2, 0.25) is 10.0 Å². The summed E-state index contributed by atoms with van der Waals surface area (Å²) in [5, 5.41) is 3.35. The number of anilines is 1. The molecule has 0 bridgehead atoms. The van der Waals surface area contributed by atoms with Gasteiger partial charge in [-0.2, -0.15) is 0 Å². The number of sulfonamides is 1. The molecule has 0 unspecified atom stereocenters. The molecular formula is C37H39Cl2N3O4S. The van der Waals surface area contributed by atoms with E-state index in [0.717, 1.165) is 52.2 Å². The fourth-order valence-corrected chi connectivity index (χ4v) is 7.80. The molecule has 0 aliphatic heterocycles. The number of carbonyl (C=O) groups excluding carboxylic acids is 2. The smallest absolute Gasteiger partial charge is 0.264 e. The largest absolute Gasteiger partial charge is 0.352 e. The molecule has 10 heteroatoms. The molecule has 4 aromatic carbocycles. The van der Waals surface area contributed by atoms with Gasteiger partial charge in [0.2, 0.25) is 11.8 Å². The maximum atomic E-state index is 14.7. The second-order valence-corrected chi connectivity index (χ2v) is 14.7. The summed E-state index contributed by atoms with van der Waals surface area (Å²) < 4.78 is 29.5. The van der Waals surface area contributed by atoms with Crippen LogP contribution in [0.3, 0.4) is 0 Å². The Morgan fingerprint density at radius 2 is 1.51 bits per heavy atom. The molecule has 0 aromatic heterocycles. The predicted octanol–water partition coefficient (Wildman–Crippen LogP) is 7.50. The third-order valence-corrected chi connectivity index (χ3v) is 11.2. The first kappa shape index (κ1) is 34.5. The van der Waals surface area contributed by atoms with Crippen LogP contribution in [-0.4, -0.2) is 43.8 Å². The highest BCUT2D eigenvalue weighted by Gasteiger charge is 2.36. The van der Waals surface area contributed by atoms with E-state index in [-0.39, 0.29) is 45.5 Å². The highest BCUT2D eigenvalue weighted by Crippen LogP contribution is 2.36. The van der Waals surface area contributed by atoms with Gasteiger partial charge < -0.3 is 10.2 Å². The first-order valence-electron chi connectivity index (χ1n) is 15.8. The topological polar surface area (TPSA) is 86.8 Å². The van der Waals surface area contributed by atoms with Crippen molar-refractivity contribution in [3.05, 3.63) is 129 Å². The minimum absolute atomic E-state index is 0.00259. The van der Waals surface area contributed by atoms with Gasteiger partial charge in [-0.05, 0) is 67.6 Å². The van der Waals surface area contributed by atoms with Gasteiger partial charge in [0.05, 0.1) is 20.6 Å². The van der Waals surface area contributed by atoms with Crippen LogP contribution >= 0.6 is 23.2 Å². The van der Waals surface area contributed by atoms with Gasteiger partial charge in [-0.3, -0.25) is 13.9 Å². The van der Waals surface area contributed by atoms with E-state index in [4.69, 9.17) is 23.2 Å². The summed E-state index contributed by atoms with van der Waals surface area (Å²) in [7, 11) is -4.30. The molecule has 47 heavy (non-hydrogen) atoms. The molecule has 1 N–H and O–H groups in total. The van der Waals surface area contributed by atoms with Gasteiger partial charge in [0, 0.05) is 19.0 Å². The maximum absolute atomic E-state index is 14.7. The Morgan fingerprint density at radius 1 is 0.851 bits per heavy atom. The third-order valence-electron chi connectivity index (χ3n) is 8.66. The number of nitrogens with zero attached hydrogens (tertiary/aromatic N) is 2. The van der Waals surface area contributed by atoms with Crippen molar-refractivity contribution in [3.63, 3.8) is 0 Å². The van der Waals surface area contributed by atoms with Crippen LogP contribution in [0.25, 0.3) is 0 Å². The Balaban J connectivity index is 1.60. The van der Waals surface area contributed by atoms with Crippen molar-refractivity contribution in [1.82, 2.24) is 10.2 Å². The molecule has 2 amide bonds. The van der Waals surface area contributed by atoms with Crippen LogP contribution in [0.4, 0.5) is 5.69 Å². The maximum Gasteiger partial charge on any atom is 0.264 e. The number of amides is 2. The summed E-state index contributed by atoms with van der Waals surface area (Å²) in [6.07, 6.45) is 4.08. The Bertz CT molecular complexity index is 1810. The van der Waals surface area contributed by atoms with Crippen molar-refractivity contribution in [3.8, 4) is 0 Å². The summed E-state index contributed by atoms with van der Waals surface area (Å²) in [5.74, 6) is -0.820. The van der Waals surface area contributed by atoms with Crippen LogP contribution < -0.4 is 9.62 Å². The van der Waals surface area contributed by atoms with Crippen LogP contribution in [0, 0.1) is 13.8 Å². The monoisotopic (exact) mass is 691 g/mol. The van der Waals surface area contributed by atoms with E-state index in [1.54, 1.807) is 24.3 Å². The standard InChI is InChI=1S/C37H39Cl2N3O4S/c1-26-19-21-31(22-20-26)47(45,46)42(33-18-10-17-32(38)36(33)39)25-35(43)41(24-29-14-7-6-11-27(29)2)34(23-28-12-4-3-5-13-28)37(44)40-30-15-8-9-16-30/h3-7,10-14,17-22,30,34H,8-9,15-16,23-25H2,1-2H3,(H,40,44)/t34-/m0/s1. The lowest BCUT2D eigenvalue weighted by Gasteiger charge is -2.35. The molecule has 5 rings (SSSR count). The summed E-state index contributed by atoms with van der Waals surface area (Å²) in [5.41, 5.74) is 3.62. The van der Waals surface area contributed by atoms with Gasteiger partial charge in [0.15, 0.2) is 0 Å². The highest BCUT2D eigenvalue weighted by molar-refractivity contribution is 7.92. The Hall–Kier alpha value is -3.85. The SMILES string of the molecule is Cc1ccc(S(=O)(=O)N(CC(=O)N(Cc2ccccc2C)[C@@H](Cc2ccccc2)C(=O)NC2CCCC2)c2cccc(Cl)c2Cl)cc1. The normalized spacial score (nSPS) is 14.0. The van der Waals surface area contributed by atoms with E-state index >= 15 is 0 Å². The fraction of sp³-hybridized carbons (Fsp3) is 0.297. The van der Waals surface area contributed by atoms with Gasteiger partial charge in [-0.15, -0.1) is 0 Å². The molecule has 0 spiro atoms. The van der Waals surface area contributed by atoms with Crippen molar-refractivity contribution in [2.45, 2.75) is 69.5 Å². The van der Waals surface area contributed by atoms with Gasteiger partial charge in [-0.25, -0.2) is 8.42 Å². The fourth-order valence-electron chi connectivity index (χ4n) is 5.93. The van der Waals surface area contributed by atoms with Crippen LogP contribution in [0.1, 0.15) is 47.9 Å². The van der Waals surface area contributed by atoms with E-state index in [9.17, 15) is 18.0 Å². The Kier molecular flexibility index (Phi) is 11.3. The summed E-state index contributed by atoms with van der Waals surface area (Å²) in [6.45, 7) is 3.30. The predicted molar refractivity (Wildman–Crippen MR) is 188 cm³/mol. The molecule has 0 heterocycles. The van der Waals surface area contributed by atoms with Crippen LogP contribution in [0.5, 0.6) is 0 Å². The van der Waals surface area contributed by atoms with Crippen molar-refractivity contribution >= 4 is 50.7 Å². The zero-order valence-corrected chi connectivity index (χ0v) is 28.9. The lowest BCUT2D eigenvalue weighted by atomic mass is 10.0. The summed E-state index contributed by atoms with van der Waals surface area (Å²) in [6, 6.07) is 27.4. The minimum atomic E-state index is -4.30. The second kappa shape index (κ2) is 15.4. The van der Waals surface area contributed by atoms with E-state index in [2.05, 4.69) is 5.32 Å². The van der Waals surface area contributed by atoms with E-state index in [0.29, 0.717) is 0 Å². The first-order valence-corrected chi connectivity index (χ1v) is 18.0. The third kappa shape index (κ3) is 8.36. The number of benzene rings is 4. The first-order chi connectivity index (χ1) is 22.5. The minimum Gasteiger partial charge on any atom is -0.352 e. The number of halogens is 2. The molecule has 1 aliphatic carbocycles.